The fraction of sp³-hybridized carbons (Fsp3) is 0.317. The smallest absolute Gasteiger partial charge is 0.275 e. The maximum atomic E-state index is 14.8. The maximum absolute atomic E-state index is 14.8. The van der Waals surface area contributed by atoms with E-state index in [1.54, 1.807) is 41.0 Å². The molecule has 1 atom stereocenters. The monoisotopic (exact) mass is 802 g/mol. The number of carbonyl (C=O) groups is 3. The molecule has 55 heavy (non-hydrogen) atoms. The Morgan fingerprint density at radius 3 is 2.33 bits per heavy atom. The minimum Gasteiger partial charge on any atom is -0.337 e. The van der Waals surface area contributed by atoms with Crippen LogP contribution in [0.5, 0.6) is 0 Å². The number of hydrogen-bond donors (Lipinski definition) is 2. The lowest BCUT2D eigenvalue weighted by atomic mass is 9.93. The lowest BCUT2D eigenvalue weighted by Crippen LogP contribution is -2.48. The van der Waals surface area contributed by atoms with Crippen molar-refractivity contribution < 1.29 is 22.8 Å². The topological polar surface area (TPSA) is 148 Å². The van der Waals surface area contributed by atoms with Crippen molar-refractivity contribution >= 4 is 61.7 Å². The van der Waals surface area contributed by atoms with Crippen LogP contribution in [0.2, 0.25) is 10.0 Å². The zero-order valence-electron chi connectivity index (χ0n) is 31.0. The van der Waals surface area contributed by atoms with Gasteiger partial charge in [-0.25, -0.2) is 17.8 Å². The van der Waals surface area contributed by atoms with E-state index in [1.807, 2.05) is 24.3 Å². The first-order chi connectivity index (χ1) is 26.4. The van der Waals surface area contributed by atoms with Crippen LogP contribution in [0, 0.1) is 6.92 Å². The van der Waals surface area contributed by atoms with Crippen LogP contribution in [0.4, 0.5) is 0 Å². The zero-order valence-corrected chi connectivity index (χ0v) is 33.3. The predicted octanol–water partition coefficient (Wildman–Crippen LogP) is 7.33. The number of nitrogens with zero attached hydrogens (tertiary/aromatic N) is 4. The number of benzene rings is 4. The van der Waals surface area contributed by atoms with Crippen LogP contribution in [0.1, 0.15) is 87.6 Å². The number of carbonyl (C=O) groups excluding carboxylic acids is 3. The fourth-order valence-corrected chi connectivity index (χ4v) is 8.30. The largest absolute Gasteiger partial charge is 0.337 e. The summed E-state index contributed by atoms with van der Waals surface area (Å²) in [7, 11) is -4.37. The Bertz CT molecular complexity index is 2370. The number of nitrogens with two attached hydrogens (primary N) is 1. The van der Waals surface area contributed by atoms with Gasteiger partial charge in [-0.2, -0.15) is 5.10 Å². The highest BCUT2D eigenvalue weighted by Crippen LogP contribution is 2.31. The normalized spacial score (nSPS) is 14.1. The van der Waals surface area contributed by atoms with Crippen LogP contribution in [0.3, 0.4) is 0 Å². The van der Waals surface area contributed by atoms with Crippen LogP contribution < -0.4 is 10.5 Å². The van der Waals surface area contributed by atoms with E-state index in [0.29, 0.717) is 35.6 Å². The third-order valence-corrected chi connectivity index (χ3v) is 12.2. The number of nitrogens with one attached hydrogen (secondary N) is 1. The second-order valence-corrected chi connectivity index (χ2v) is 16.2. The summed E-state index contributed by atoms with van der Waals surface area (Å²) in [4.78, 5) is 45.6. The molecular weight excluding hydrogens is 759 g/mol. The third kappa shape index (κ3) is 8.28. The second-order valence-electron chi connectivity index (χ2n) is 13.7. The summed E-state index contributed by atoms with van der Waals surface area (Å²) in [5.74, 6) is -1.71. The van der Waals surface area contributed by atoms with Gasteiger partial charge in [0.05, 0.1) is 26.9 Å². The Kier molecular flexibility index (Phi) is 12.3. The molecule has 1 aromatic heterocycles. The van der Waals surface area contributed by atoms with Gasteiger partial charge in [-0.3, -0.25) is 14.4 Å². The van der Waals surface area contributed by atoms with Gasteiger partial charge < -0.3 is 15.5 Å². The Morgan fingerprint density at radius 1 is 0.927 bits per heavy atom. The van der Waals surface area contributed by atoms with Crippen LogP contribution >= 0.6 is 23.2 Å². The molecule has 3 amide bonds. The maximum Gasteiger partial charge on any atom is 0.275 e. The van der Waals surface area contributed by atoms with Gasteiger partial charge in [0.1, 0.15) is 0 Å². The first-order valence-corrected chi connectivity index (χ1v) is 20.6. The van der Waals surface area contributed by atoms with Crippen molar-refractivity contribution in [1.82, 2.24) is 24.3 Å². The van der Waals surface area contributed by atoms with E-state index >= 15 is 0 Å². The van der Waals surface area contributed by atoms with Crippen LogP contribution in [-0.2, 0) is 23.0 Å². The predicted molar refractivity (Wildman–Crippen MR) is 216 cm³/mol. The molecule has 0 saturated carbocycles. The van der Waals surface area contributed by atoms with Gasteiger partial charge in [-0.15, -0.1) is 0 Å². The van der Waals surface area contributed by atoms with Gasteiger partial charge in [-0.05, 0) is 79.1 Å². The number of rotatable bonds is 13. The number of amides is 3. The standard InChI is InChI=1S/C41H44Cl2N6O5S/c1-4-6-19-47(20-7-5-2)41(52)38-37(43)26(3)49(45-38)36-18-16-29(22-34(36)40(51)48-25-30-12-9-8-11-28(30)21-31(48)24-44)39(50)46-55(53,54)32-17-15-27-13-10-14-35(42)33(27)23-32/h8-18,22-23,31H,4-7,19-21,24-25,44H2,1-3H3,(H,46,50). The Morgan fingerprint density at radius 2 is 1.64 bits per heavy atom. The molecule has 1 unspecified atom stereocenters. The molecule has 0 aliphatic carbocycles. The molecule has 0 saturated heterocycles. The van der Waals surface area contributed by atoms with Crippen molar-refractivity contribution in [2.75, 3.05) is 19.6 Å². The molecule has 14 heteroatoms. The van der Waals surface area contributed by atoms with E-state index in [1.165, 1.54) is 35.0 Å². The molecular formula is C41H44Cl2N6O5S. The summed E-state index contributed by atoms with van der Waals surface area (Å²) in [6.45, 7) is 7.36. The summed E-state index contributed by atoms with van der Waals surface area (Å²) in [5, 5.41) is 6.44. The number of halogens is 2. The fourth-order valence-electron chi connectivity index (χ4n) is 6.86. The molecule has 11 nitrogen and oxygen atoms in total. The second kappa shape index (κ2) is 16.9. The highest BCUT2D eigenvalue weighted by atomic mass is 35.5. The van der Waals surface area contributed by atoms with E-state index in [0.717, 1.165) is 42.2 Å². The van der Waals surface area contributed by atoms with E-state index in [9.17, 15) is 22.8 Å². The van der Waals surface area contributed by atoms with Crippen LogP contribution in [-0.4, -0.2) is 71.4 Å². The minimum absolute atomic E-state index is 0.0513. The Hall–Kier alpha value is -4.75. The summed E-state index contributed by atoms with van der Waals surface area (Å²) >= 11 is 13.2. The van der Waals surface area contributed by atoms with Crippen molar-refractivity contribution in [2.24, 2.45) is 5.73 Å². The Balaban J connectivity index is 1.41. The molecule has 1 aliphatic heterocycles. The zero-order chi connectivity index (χ0) is 39.4. The Labute approximate surface area is 331 Å². The number of hydrogen-bond acceptors (Lipinski definition) is 7. The van der Waals surface area contributed by atoms with Crippen molar-refractivity contribution in [3.63, 3.8) is 0 Å². The molecule has 4 aromatic carbocycles. The average Bonchev–Trinajstić information content (AvgIpc) is 3.49. The molecule has 1 aliphatic rings. The number of unbranched alkanes of at least 4 members (excludes halogenated alkanes) is 2. The van der Waals surface area contributed by atoms with Crippen LogP contribution in [0.25, 0.3) is 16.5 Å². The molecule has 288 valence electrons. The molecule has 0 bridgehead atoms. The molecule has 0 spiro atoms. The van der Waals surface area contributed by atoms with Gasteiger partial charge in [-0.1, -0.05) is 92.4 Å². The molecule has 5 aromatic rings. The van der Waals surface area contributed by atoms with E-state index in [2.05, 4.69) is 23.7 Å². The van der Waals surface area contributed by atoms with Gasteiger partial charge in [0.15, 0.2) is 5.69 Å². The van der Waals surface area contributed by atoms with Crippen LogP contribution in [0.15, 0.2) is 83.8 Å². The SMILES string of the molecule is CCCCN(CCCC)C(=O)c1nn(-c2ccc(C(=O)NS(=O)(=O)c3ccc4cccc(Cl)c4c3)cc2C(=O)N2Cc3ccccc3CC2CN)c(C)c1Cl. The van der Waals surface area contributed by atoms with E-state index < -0.39 is 21.8 Å². The first kappa shape index (κ1) is 39.9. The van der Waals surface area contributed by atoms with Crippen molar-refractivity contribution in [2.45, 2.75) is 70.4 Å². The van der Waals surface area contributed by atoms with E-state index in [4.69, 9.17) is 28.9 Å². The van der Waals surface area contributed by atoms with Crippen molar-refractivity contribution in [1.29, 1.82) is 0 Å². The number of fused-ring (bicyclic) bond motifs is 2. The van der Waals surface area contributed by atoms with Crippen molar-refractivity contribution in [3.8, 4) is 5.69 Å². The quantitative estimate of drug-likeness (QED) is 0.127. The first-order valence-electron chi connectivity index (χ1n) is 18.4. The van der Waals surface area contributed by atoms with Crippen molar-refractivity contribution in [3.05, 3.63) is 123 Å². The molecule has 0 radical (unpaired) electrons. The molecule has 3 N–H and O–H groups in total. The van der Waals surface area contributed by atoms with Gasteiger partial charge in [0, 0.05) is 48.2 Å². The summed E-state index contributed by atoms with van der Waals surface area (Å²) in [6.07, 6.45) is 3.98. The highest BCUT2D eigenvalue weighted by Gasteiger charge is 2.33. The molecule has 0 fully saturated rings. The highest BCUT2D eigenvalue weighted by molar-refractivity contribution is 7.90. The van der Waals surface area contributed by atoms with Gasteiger partial charge >= 0.3 is 0 Å². The molecule has 6 rings (SSSR count). The minimum atomic E-state index is -4.37. The van der Waals surface area contributed by atoms with Gasteiger partial charge in [0.2, 0.25) is 0 Å². The number of sulfonamides is 1. The van der Waals surface area contributed by atoms with Gasteiger partial charge in [0.25, 0.3) is 27.7 Å². The summed E-state index contributed by atoms with van der Waals surface area (Å²) in [5.41, 5.74) is 8.97. The number of aromatic nitrogens is 2. The summed E-state index contributed by atoms with van der Waals surface area (Å²) in [6, 6.07) is 21.3. The lowest BCUT2D eigenvalue weighted by Gasteiger charge is -2.36. The molecule has 2 heterocycles. The average molecular weight is 804 g/mol. The summed E-state index contributed by atoms with van der Waals surface area (Å²) < 4.78 is 30.6. The third-order valence-electron chi connectivity index (χ3n) is 10.0. The van der Waals surface area contributed by atoms with E-state index in [-0.39, 0.29) is 57.5 Å². The lowest BCUT2D eigenvalue weighted by molar-refractivity contribution is 0.0647.